The first-order valence-electron chi connectivity index (χ1n) is 6.30. The molecule has 0 atom stereocenters. The number of nitrogen functional groups attached to an aromatic ring is 2. The Hall–Kier alpha value is -2.89. The van der Waals surface area contributed by atoms with Crippen LogP contribution in [0.2, 0.25) is 0 Å². The molecule has 0 amide bonds. The van der Waals surface area contributed by atoms with Gasteiger partial charge in [0.15, 0.2) is 12.1 Å². The highest BCUT2D eigenvalue weighted by Gasteiger charge is 2.12. The molecule has 0 saturated carbocycles. The van der Waals surface area contributed by atoms with Crippen LogP contribution in [-0.4, -0.2) is 15.7 Å². The number of pyridine rings is 1. The van der Waals surface area contributed by atoms with Gasteiger partial charge in [0.2, 0.25) is 0 Å². The molecule has 4 N–H and O–H groups in total. The summed E-state index contributed by atoms with van der Waals surface area (Å²) in [6, 6.07) is 6.20. The van der Waals surface area contributed by atoms with E-state index in [1.165, 1.54) is 12.1 Å². The molecule has 5 nitrogen and oxygen atoms in total. The number of rotatable bonds is 2. The zero-order valence-electron chi connectivity index (χ0n) is 11.3. The van der Waals surface area contributed by atoms with Gasteiger partial charge in [0.25, 0.3) is 0 Å². The molecule has 0 aliphatic rings. The fourth-order valence-electron chi connectivity index (χ4n) is 2.36. The lowest BCUT2D eigenvalue weighted by Crippen LogP contribution is -1.97. The van der Waals surface area contributed by atoms with E-state index in [9.17, 15) is 9.18 Å². The third-order valence-corrected chi connectivity index (χ3v) is 3.52. The van der Waals surface area contributed by atoms with Gasteiger partial charge in [-0.05, 0) is 47.9 Å². The minimum absolute atomic E-state index is 0.164. The minimum atomic E-state index is -0.408. The lowest BCUT2D eigenvalue weighted by Gasteiger charge is -2.10. The number of fused-ring (bicyclic) bond motifs is 1. The summed E-state index contributed by atoms with van der Waals surface area (Å²) in [6.07, 6.45) is 2.34. The predicted molar refractivity (Wildman–Crippen MR) is 79.5 cm³/mol. The van der Waals surface area contributed by atoms with Gasteiger partial charge >= 0.3 is 0 Å². The zero-order valence-corrected chi connectivity index (χ0v) is 11.3. The van der Waals surface area contributed by atoms with Crippen molar-refractivity contribution in [1.29, 1.82) is 0 Å². The van der Waals surface area contributed by atoms with Crippen LogP contribution in [0, 0.1) is 12.7 Å². The number of nitrogens with two attached hydrogens (primary N) is 2. The Morgan fingerprint density at radius 3 is 2.76 bits per heavy atom. The summed E-state index contributed by atoms with van der Waals surface area (Å²) in [7, 11) is 0. The summed E-state index contributed by atoms with van der Waals surface area (Å²) >= 11 is 0. The smallest absolute Gasteiger partial charge is 0.170 e. The largest absolute Gasteiger partial charge is 0.398 e. The highest BCUT2D eigenvalue weighted by atomic mass is 19.1. The van der Waals surface area contributed by atoms with Gasteiger partial charge in [0.05, 0.1) is 0 Å². The van der Waals surface area contributed by atoms with Crippen LogP contribution in [0.15, 0.2) is 30.5 Å². The van der Waals surface area contributed by atoms with E-state index >= 15 is 0 Å². The lowest BCUT2D eigenvalue weighted by atomic mass is 10.0. The Kier molecular flexibility index (Phi) is 2.86. The topological polar surface area (TPSA) is 86.4 Å². The second kappa shape index (κ2) is 4.59. The molecule has 0 unspecified atom stereocenters. The first-order chi connectivity index (χ1) is 10.0. The van der Waals surface area contributed by atoms with Gasteiger partial charge in [-0.2, -0.15) is 0 Å². The molecule has 0 radical (unpaired) electrons. The molecular weight excluding hydrogens is 271 g/mol. The summed E-state index contributed by atoms with van der Waals surface area (Å²) in [5, 5.41) is 0. The van der Waals surface area contributed by atoms with E-state index in [1.807, 2.05) is 6.92 Å². The molecule has 0 aliphatic heterocycles. The highest BCUT2D eigenvalue weighted by molar-refractivity contribution is 5.83. The van der Waals surface area contributed by atoms with Crippen molar-refractivity contribution in [1.82, 2.24) is 9.38 Å². The van der Waals surface area contributed by atoms with Crippen LogP contribution in [0.1, 0.15) is 16.1 Å². The van der Waals surface area contributed by atoms with Gasteiger partial charge in [-0.15, -0.1) is 0 Å². The molecule has 2 aromatic heterocycles. The highest BCUT2D eigenvalue weighted by Crippen LogP contribution is 2.29. The second-order valence-electron chi connectivity index (χ2n) is 4.81. The quantitative estimate of drug-likeness (QED) is 0.559. The van der Waals surface area contributed by atoms with Gasteiger partial charge in [0.1, 0.15) is 17.2 Å². The van der Waals surface area contributed by atoms with Crippen molar-refractivity contribution in [3.63, 3.8) is 0 Å². The summed E-state index contributed by atoms with van der Waals surface area (Å²) < 4.78 is 15.2. The van der Waals surface area contributed by atoms with Crippen LogP contribution in [0.25, 0.3) is 16.8 Å². The predicted octanol–water partition coefficient (Wildman–Crippen LogP) is 2.43. The Labute approximate surface area is 120 Å². The molecule has 2 heterocycles. The van der Waals surface area contributed by atoms with Crippen LogP contribution in [0.5, 0.6) is 0 Å². The fourth-order valence-corrected chi connectivity index (χ4v) is 2.36. The number of carbonyl (C=O) groups excluding carboxylic acids is 1. The van der Waals surface area contributed by atoms with Gasteiger partial charge < -0.3 is 11.5 Å². The number of hydrogen-bond acceptors (Lipinski definition) is 4. The number of hydrogen-bond donors (Lipinski definition) is 2. The van der Waals surface area contributed by atoms with Gasteiger partial charge in [-0.25, -0.2) is 9.37 Å². The standard InChI is InChI=1S/C15H13FN4O/c1-8-11(4-10(16)5-12(8)17)9-2-3-14-19-15(18)13(7-21)20(14)6-9/h2-7H,17-18H2,1H3. The summed E-state index contributed by atoms with van der Waals surface area (Å²) in [4.78, 5) is 15.2. The maximum atomic E-state index is 13.6. The van der Waals surface area contributed by atoms with Gasteiger partial charge in [0, 0.05) is 11.9 Å². The maximum absolute atomic E-state index is 13.6. The van der Waals surface area contributed by atoms with E-state index in [1.54, 1.807) is 22.7 Å². The Morgan fingerprint density at radius 1 is 1.29 bits per heavy atom. The molecule has 0 fully saturated rings. The van der Waals surface area contributed by atoms with E-state index in [-0.39, 0.29) is 11.5 Å². The number of aromatic nitrogens is 2. The second-order valence-corrected chi connectivity index (χ2v) is 4.81. The average molecular weight is 284 g/mol. The summed E-state index contributed by atoms with van der Waals surface area (Å²) in [5.74, 6) is -0.244. The van der Waals surface area contributed by atoms with E-state index in [4.69, 9.17) is 11.5 Å². The van der Waals surface area contributed by atoms with E-state index in [2.05, 4.69) is 4.98 Å². The molecule has 1 aromatic carbocycles. The van der Waals surface area contributed by atoms with Crippen molar-refractivity contribution in [3.05, 3.63) is 47.5 Å². The first kappa shape index (κ1) is 13.1. The summed E-state index contributed by atoms with van der Waals surface area (Å²) in [6.45, 7) is 1.82. The lowest BCUT2D eigenvalue weighted by molar-refractivity contribution is 0.111. The Bertz CT molecular complexity index is 870. The van der Waals surface area contributed by atoms with Crippen molar-refractivity contribution in [3.8, 4) is 11.1 Å². The van der Waals surface area contributed by atoms with Crippen LogP contribution >= 0.6 is 0 Å². The van der Waals surface area contributed by atoms with Crippen molar-refractivity contribution in [2.75, 3.05) is 11.5 Å². The van der Waals surface area contributed by atoms with Crippen molar-refractivity contribution >= 4 is 23.4 Å². The van der Waals surface area contributed by atoms with Crippen LogP contribution in [0.3, 0.4) is 0 Å². The molecule has 3 aromatic rings. The van der Waals surface area contributed by atoms with E-state index < -0.39 is 5.82 Å². The zero-order chi connectivity index (χ0) is 15.1. The molecule has 21 heavy (non-hydrogen) atoms. The first-order valence-corrected chi connectivity index (χ1v) is 6.30. The third-order valence-electron chi connectivity index (χ3n) is 3.52. The van der Waals surface area contributed by atoms with Crippen LogP contribution < -0.4 is 11.5 Å². The molecule has 0 aliphatic carbocycles. The van der Waals surface area contributed by atoms with Crippen molar-refractivity contribution in [2.24, 2.45) is 0 Å². The fraction of sp³-hybridized carbons (Fsp3) is 0.0667. The van der Waals surface area contributed by atoms with Gasteiger partial charge in [-0.3, -0.25) is 9.20 Å². The number of carbonyl (C=O) groups is 1. The maximum Gasteiger partial charge on any atom is 0.170 e. The monoisotopic (exact) mass is 284 g/mol. The number of imidazole rings is 1. The van der Waals surface area contributed by atoms with Crippen molar-refractivity contribution < 1.29 is 9.18 Å². The molecule has 6 heteroatoms. The van der Waals surface area contributed by atoms with Gasteiger partial charge in [-0.1, -0.05) is 0 Å². The molecule has 0 bridgehead atoms. The normalized spacial score (nSPS) is 11.0. The SMILES string of the molecule is Cc1c(N)cc(F)cc1-c1ccc2nc(N)c(C=O)n2c1. The Balaban J connectivity index is 2.29. The number of aldehydes is 1. The number of nitrogens with zero attached hydrogens (tertiary/aromatic N) is 2. The number of benzene rings is 1. The van der Waals surface area contributed by atoms with Crippen LogP contribution in [0.4, 0.5) is 15.9 Å². The Morgan fingerprint density at radius 2 is 2.05 bits per heavy atom. The average Bonchev–Trinajstić information content (AvgIpc) is 2.77. The van der Waals surface area contributed by atoms with E-state index in [0.29, 0.717) is 23.2 Å². The number of halogens is 1. The number of anilines is 2. The third kappa shape index (κ3) is 2.01. The molecule has 0 spiro atoms. The molecule has 3 rings (SSSR count). The molecular formula is C15H13FN4O. The molecule has 0 saturated heterocycles. The van der Waals surface area contributed by atoms with Crippen LogP contribution in [-0.2, 0) is 0 Å². The summed E-state index contributed by atoms with van der Waals surface area (Å²) in [5.41, 5.74) is 14.9. The molecule has 106 valence electrons. The minimum Gasteiger partial charge on any atom is -0.398 e. The van der Waals surface area contributed by atoms with Crippen molar-refractivity contribution in [2.45, 2.75) is 6.92 Å². The van der Waals surface area contributed by atoms with E-state index in [0.717, 1.165) is 11.1 Å².